The topological polar surface area (TPSA) is 96.0 Å². The molecule has 0 radical (unpaired) electrons. The molecule has 2 heterocycles. The van der Waals surface area contributed by atoms with Gasteiger partial charge in [0.15, 0.2) is 0 Å². The lowest BCUT2D eigenvalue weighted by molar-refractivity contribution is -0.121. The third kappa shape index (κ3) is 4.27. The molecule has 33 heavy (non-hydrogen) atoms. The Balaban J connectivity index is 1.55. The van der Waals surface area contributed by atoms with Gasteiger partial charge in [-0.1, -0.05) is 42.2 Å². The van der Waals surface area contributed by atoms with E-state index in [1.54, 1.807) is 62.5 Å². The molecule has 0 atom stereocenters. The first-order valence-electron chi connectivity index (χ1n) is 10.0. The zero-order chi connectivity index (χ0) is 23.7. The number of amides is 3. The van der Waals surface area contributed by atoms with Crippen LogP contribution in [0.1, 0.15) is 22.8 Å². The second-order valence-corrected chi connectivity index (χ2v) is 8.83. The highest BCUT2D eigenvalue weighted by atomic mass is 32.2. The molecule has 10 heteroatoms. The number of esters is 1. The van der Waals surface area contributed by atoms with E-state index in [4.69, 9.17) is 17.0 Å². The molecule has 2 aromatic carbocycles. The van der Waals surface area contributed by atoms with Gasteiger partial charge in [-0.15, -0.1) is 0 Å². The maximum Gasteiger partial charge on any atom is 0.338 e. The number of likely N-dealkylation sites (N-methyl/N-ethyl adjacent to an activating group) is 1. The van der Waals surface area contributed by atoms with Crippen LogP contribution in [0.25, 0.3) is 5.57 Å². The zero-order valence-corrected chi connectivity index (χ0v) is 19.4. The third-order valence-corrected chi connectivity index (χ3v) is 6.65. The summed E-state index contributed by atoms with van der Waals surface area (Å²) < 4.78 is 5.31. The van der Waals surface area contributed by atoms with Crippen LogP contribution in [-0.2, 0) is 19.1 Å². The van der Waals surface area contributed by atoms with Gasteiger partial charge >= 0.3 is 5.97 Å². The zero-order valence-electron chi connectivity index (χ0n) is 17.8. The summed E-state index contributed by atoms with van der Waals surface area (Å²) in [6.07, 6.45) is 0. The van der Waals surface area contributed by atoms with Crippen LogP contribution in [0.2, 0.25) is 0 Å². The normalized spacial score (nSPS) is 17.5. The van der Waals surface area contributed by atoms with E-state index in [0.717, 1.165) is 11.8 Å². The molecule has 2 aromatic rings. The summed E-state index contributed by atoms with van der Waals surface area (Å²) in [6, 6.07) is 13.3. The van der Waals surface area contributed by atoms with E-state index in [0.29, 0.717) is 26.8 Å². The molecule has 1 saturated heterocycles. The van der Waals surface area contributed by atoms with Crippen molar-refractivity contribution in [1.29, 1.82) is 0 Å². The SMILES string of the molecule is CCOC(=O)c1ccc(NC(=O)CN2C(=O)C(=C3SC(=S)N(C)C3=O)c3ccccc32)cc1. The molecule has 2 aliphatic heterocycles. The van der Waals surface area contributed by atoms with Gasteiger partial charge in [0.2, 0.25) is 5.91 Å². The van der Waals surface area contributed by atoms with Gasteiger partial charge in [0, 0.05) is 18.3 Å². The van der Waals surface area contributed by atoms with E-state index >= 15 is 0 Å². The second kappa shape index (κ2) is 9.16. The molecule has 3 amide bonds. The summed E-state index contributed by atoms with van der Waals surface area (Å²) in [4.78, 5) is 53.3. The minimum absolute atomic E-state index is 0.245. The molecule has 8 nitrogen and oxygen atoms in total. The van der Waals surface area contributed by atoms with Crippen LogP contribution in [-0.4, -0.2) is 53.1 Å². The van der Waals surface area contributed by atoms with Crippen LogP contribution in [0.4, 0.5) is 11.4 Å². The predicted molar refractivity (Wildman–Crippen MR) is 130 cm³/mol. The fraction of sp³-hybridized carbons (Fsp3) is 0.174. The van der Waals surface area contributed by atoms with Crippen molar-refractivity contribution in [2.24, 2.45) is 0 Å². The highest BCUT2D eigenvalue weighted by molar-refractivity contribution is 8.26. The average Bonchev–Trinajstić information content (AvgIpc) is 3.21. The number of para-hydroxylation sites is 1. The molecule has 0 aliphatic carbocycles. The van der Waals surface area contributed by atoms with Crippen LogP contribution in [0.15, 0.2) is 53.4 Å². The van der Waals surface area contributed by atoms with Gasteiger partial charge in [0.1, 0.15) is 10.9 Å². The first-order valence-corrected chi connectivity index (χ1v) is 11.3. The van der Waals surface area contributed by atoms with Crippen LogP contribution in [0.5, 0.6) is 0 Å². The van der Waals surface area contributed by atoms with Crippen molar-refractivity contribution in [1.82, 2.24) is 4.90 Å². The largest absolute Gasteiger partial charge is 0.462 e. The van der Waals surface area contributed by atoms with Crippen molar-refractivity contribution < 1.29 is 23.9 Å². The van der Waals surface area contributed by atoms with Crippen LogP contribution in [0.3, 0.4) is 0 Å². The number of thioether (sulfide) groups is 1. The van der Waals surface area contributed by atoms with Gasteiger partial charge in [0.05, 0.1) is 28.3 Å². The lowest BCUT2D eigenvalue weighted by Gasteiger charge is -2.17. The number of hydrogen-bond acceptors (Lipinski definition) is 7. The van der Waals surface area contributed by atoms with E-state index in [1.807, 2.05) is 0 Å². The van der Waals surface area contributed by atoms with E-state index in [2.05, 4.69) is 5.32 Å². The Kier molecular flexibility index (Phi) is 6.30. The molecule has 0 spiro atoms. The number of ether oxygens (including phenoxy) is 1. The summed E-state index contributed by atoms with van der Waals surface area (Å²) >= 11 is 6.28. The van der Waals surface area contributed by atoms with Gasteiger partial charge in [0.25, 0.3) is 11.8 Å². The number of benzene rings is 2. The molecule has 2 aliphatic rings. The van der Waals surface area contributed by atoms with Crippen molar-refractivity contribution >= 4 is 68.9 Å². The highest BCUT2D eigenvalue weighted by Gasteiger charge is 2.41. The maximum absolute atomic E-state index is 13.3. The number of nitrogens with one attached hydrogen (secondary N) is 1. The van der Waals surface area contributed by atoms with E-state index in [9.17, 15) is 19.2 Å². The molecule has 1 fully saturated rings. The summed E-state index contributed by atoms with van der Waals surface area (Å²) in [5.41, 5.74) is 2.23. The number of fused-ring (bicyclic) bond motifs is 1. The van der Waals surface area contributed by atoms with Crippen molar-refractivity contribution in [3.8, 4) is 0 Å². The van der Waals surface area contributed by atoms with Crippen molar-refractivity contribution in [2.45, 2.75) is 6.92 Å². The monoisotopic (exact) mass is 481 g/mol. The number of thiocarbonyl (C=S) groups is 1. The average molecular weight is 482 g/mol. The van der Waals surface area contributed by atoms with Gasteiger partial charge in [-0.3, -0.25) is 24.2 Å². The standard InChI is InChI=1S/C23H19N3O5S2/c1-3-31-22(30)13-8-10-14(11-9-13)24-17(27)12-26-16-7-5-4-6-15(16)18(20(26)28)19-21(29)25(2)23(32)33-19/h4-11H,3,12H2,1-2H3,(H,24,27). The molecule has 4 rings (SSSR count). The lowest BCUT2D eigenvalue weighted by Crippen LogP contribution is -2.35. The summed E-state index contributed by atoms with van der Waals surface area (Å²) in [6.45, 7) is 1.75. The van der Waals surface area contributed by atoms with Gasteiger partial charge < -0.3 is 10.1 Å². The summed E-state index contributed by atoms with van der Waals surface area (Å²) in [5, 5.41) is 2.72. The fourth-order valence-electron chi connectivity index (χ4n) is 3.50. The maximum atomic E-state index is 13.3. The number of carbonyl (C=O) groups is 4. The van der Waals surface area contributed by atoms with Crippen LogP contribution >= 0.6 is 24.0 Å². The van der Waals surface area contributed by atoms with Crippen molar-refractivity contribution in [3.05, 3.63) is 64.6 Å². The molecule has 168 valence electrons. The Morgan fingerprint density at radius 1 is 1.06 bits per heavy atom. The lowest BCUT2D eigenvalue weighted by atomic mass is 10.1. The Morgan fingerprint density at radius 2 is 1.76 bits per heavy atom. The van der Waals surface area contributed by atoms with E-state index in [1.165, 1.54) is 9.80 Å². The Hall–Kier alpha value is -3.50. The molecule has 1 N–H and O–H groups in total. The first-order chi connectivity index (χ1) is 15.8. The second-order valence-electron chi connectivity index (χ2n) is 7.19. The molecular weight excluding hydrogens is 462 g/mol. The van der Waals surface area contributed by atoms with Crippen molar-refractivity contribution in [2.75, 3.05) is 30.4 Å². The molecule has 0 aromatic heterocycles. The van der Waals surface area contributed by atoms with Crippen molar-refractivity contribution in [3.63, 3.8) is 0 Å². The smallest absolute Gasteiger partial charge is 0.338 e. The van der Waals surface area contributed by atoms with E-state index in [-0.39, 0.29) is 29.5 Å². The van der Waals surface area contributed by atoms with Gasteiger partial charge in [-0.2, -0.15) is 0 Å². The predicted octanol–water partition coefficient (Wildman–Crippen LogP) is 3.05. The Labute approximate surface area is 199 Å². The number of nitrogens with zero attached hydrogens (tertiary/aromatic N) is 2. The highest BCUT2D eigenvalue weighted by Crippen LogP contribution is 2.44. The summed E-state index contributed by atoms with van der Waals surface area (Å²) in [7, 11) is 1.56. The number of rotatable bonds is 5. The molecule has 0 saturated carbocycles. The van der Waals surface area contributed by atoms with Crippen LogP contribution < -0.4 is 10.2 Å². The first kappa shape index (κ1) is 22.7. The quantitative estimate of drug-likeness (QED) is 0.398. The van der Waals surface area contributed by atoms with Crippen LogP contribution in [0, 0.1) is 0 Å². The Bertz CT molecular complexity index is 1220. The molecule has 0 bridgehead atoms. The van der Waals surface area contributed by atoms with Gasteiger partial charge in [-0.25, -0.2) is 4.79 Å². The fourth-order valence-corrected chi connectivity index (χ4v) is 4.75. The number of anilines is 2. The number of hydrogen-bond donors (Lipinski definition) is 1. The minimum Gasteiger partial charge on any atom is -0.462 e. The Morgan fingerprint density at radius 3 is 2.39 bits per heavy atom. The number of carbonyl (C=O) groups excluding carboxylic acids is 4. The van der Waals surface area contributed by atoms with E-state index < -0.39 is 17.8 Å². The van der Waals surface area contributed by atoms with Gasteiger partial charge in [-0.05, 0) is 37.3 Å². The summed E-state index contributed by atoms with van der Waals surface area (Å²) in [5.74, 6) is -1.64. The molecular formula is C23H19N3O5S2. The third-order valence-electron chi connectivity index (χ3n) is 5.09. The minimum atomic E-state index is -0.445. The molecule has 0 unspecified atom stereocenters.